The second-order valence-electron chi connectivity index (χ2n) is 14.2. The van der Waals surface area contributed by atoms with Gasteiger partial charge in [0.15, 0.2) is 17.5 Å². The Bertz CT molecular complexity index is 2970. The predicted molar refractivity (Wildman–Crippen MR) is 225 cm³/mol. The van der Waals surface area contributed by atoms with Crippen LogP contribution in [-0.2, 0) is 5.41 Å². The van der Waals surface area contributed by atoms with Gasteiger partial charge in [0.1, 0.15) is 0 Å². The minimum Gasteiger partial charge on any atom is -0.208 e. The van der Waals surface area contributed by atoms with Crippen LogP contribution in [0.2, 0.25) is 0 Å². The molecule has 0 saturated carbocycles. The van der Waals surface area contributed by atoms with Crippen LogP contribution >= 0.6 is 11.8 Å². The average Bonchev–Trinajstić information content (AvgIpc) is 3.57. The Kier molecular flexibility index (Phi) is 7.35. The highest BCUT2D eigenvalue weighted by atomic mass is 32.2. The molecule has 0 atom stereocenters. The van der Waals surface area contributed by atoms with E-state index in [0.717, 1.165) is 38.6 Å². The minimum absolute atomic E-state index is 0.616. The Morgan fingerprint density at radius 2 is 0.875 bits per heavy atom. The molecule has 0 radical (unpaired) electrons. The van der Waals surface area contributed by atoms with Gasteiger partial charge < -0.3 is 0 Å². The first-order valence-corrected chi connectivity index (χ1v) is 19.5. The molecule has 260 valence electrons. The van der Waals surface area contributed by atoms with Crippen molar-refractivity contribution in [2.24, 2.45) is 0 Å². The van der Waals surface area contributed by atoms with Crippen molar-refractivity contribution < 1.29 is 0 Å². The van der Waals surface area contributed by atoms with Gasteiger partial charge in [-0.3, -0.25) is 0 Å². The van der Waals surface area contributed by atoms with Crippen molar-refractivity contribution in [1.29, 1.82) is 5.26 Å². The number of benzene rings is 8. The van der Waals surface area contributed by atoms with Crippen molar-refractivity contribution in [3.8, 4) is 62.5 Å². The summed E-state index contributed by atoms with van der Waals surface area (Å²) < 4.78 is 0. The predicted octanol–water partition coefficient (Wildman–Crippen LogP) is 12.4. The number of rotatable bonds is 4. The van der Waals surface area contributed by atoms with Crippen LogP contribution in [0.25, 0.3) is 67.2 Å². The molecule has 1 aromatic heterocycles. The summed E-state index contributed by atoms with van der Waals surface area (Å²) in [4.78, 5) is 17.7. The monoisotopic (exact) mass is 730 g/mol. The summed E-state index contributed by atoms with van der Waals surface area (Å²) in [7, 11) is 0. The van der Waals surface area contributed by atoms with Crippen molar-refractivity contribution in [2.45, 2.75) is 15.2 Å². The van der Waals surface area contributed by atoms with Gasteiger partial charge in [-0.05, 0) is 80.2 Å². The lowest BCUT2D eigenvalue weighted by atomic mass is 9.66. The van der Waals surface area contributed by atoms with Crippen LogP contribution in [0.15, 0.2) is 192 Å². The zero-order valence-electron chi connectivity index (χ0n) is 30.0. The molecule has 1 spiro atoms. The number of hydrogen-bond acceptors (Lipinski definition) is 5. The average molecular weight is 731 g/mol. The molecule has 1 aliphatic heterocycles. The Labute approximate surface area is 328 Å². The Morgan fingerprint density at radius 3 is 1.46 bits per heavy atom. The van der Waals surface area contributed by atoms with Crippen LogP contribution in [0.1, 0.15) is 27.8 Å². The summed E-state index contributed by atoms with van der Waals surface area (Å²) in [6, 6.07) is 66.3. The molecule has 0 bridgehead atoms. The van der Waals surface area contributed by atoms with Crippen LogP contribution in [0.3, 0.4) is 0 Å². The molecule has 0 N–H and O–H groups in total. The Balaban J connectivity index is 1.18. The first kappa shape index (κ1) is 32.3. The molecule has 0 saturated heterocycles. The third kappa shape index (κ3) is 4.83. The molecular weight excluding hydrogens is 701 g/mol. The van der Waals surface area contributed by atoms with E-state index in [9.17, 15) is 5.26 Å². The molecule has 11 rings (SSSR count). The van der Waals surface area contributed by atoms with Gasteiger partial charge in [0.25, 0.3) is 0 Å². The highest BCUT2D eigenvalue weighted by Crippen LogP contribution is 2.62. The molecule has 9 aromatic rings. The lowest BCUT2D eigenvalue weighted by Crippen LogP contribution is -2.32. The molecule has 0 fully saturated rings. The highest BCUT2D eigenvalue weighted by Gasteiger charge is 2.50. The van der Waals surface area contributed by atoms with Gasteiger partial charge in [-0.1, -0.05) is 163 Å². The maximum absolute atomic E-state index is 9.96. The molecule has 56 heavy (non-hydrogen) atoms. The van der Waals surface area contributed by atoms with Crippen molar-refractivity contribution in [3.05, 3.63) is 210 Å². The molecule has 0 amide bonds. The number of hydrogen-bond donors (Lipinski definition) is 0. The topological polar surface area (TPSA) is 62.5 Å². The summed E-state index contributed by atoms with van der Waals surface area (Å²) in [5.41, 5.74) is 12.5. The van der Waals surface area contributed by atoms with E-state index in [2.05, 4.69) is 109 Å². The molecule has 2 heterocycles. The number of nitrogens with zero attached hydrogens (tertiary/aromatic N) is 4. The number of fused-ring (bicyclic) bond motifs is 10. The second-order valence-corrected chi connectivity index (χ2v) is 15.3. The van der Waals surface area contributed by atoms with E-state index in [4.69, 9.17) is 15.0 Å². The lowest BCUT2D eigenvalue weighted by molar-refractivity contribution is 0.723. The fourth-order valence-electron chi connectivity index (χ4n) is 8.80. The van der Waals surface area contributed by atoms with Crippen LogP contribution < -0.4 is 0 Å². The van der Waals surface area contributed by atoms with E-state index in [1.807, 2.05) is 90.6 Å². The summed E-state index contributed by atoms with van der Waals surface area (Å²) >= 11 is 1.81. The quantitative estimate of drug-likeness (QED) is 0.180. The fourth-order valence-corrected chi connectivity index (χ4v) is 9.95. The first-order chi connectivity index (χ1) is 27.7. The number of nitriles is 1. The summed E-state index contributed by atoms with van der Waals surface area (Å²) in [6.45, 7) is 0. The standard InChI is InChI=1S/C51H30N4S/c52-31-36-23-26-38(39-18-8-7-17-37(36)39)34-24-27-46-44(29-34)51(42-21-11-9-19-40(42)41-20-10-12-22-43(41)51)45-30-35(25-28-47(45)56-46)50-54-48(32-13-3-1-4-14-32)53-49(55-50)33-15-5-2-6-16-33/h1-30H. The van der Waals surface area contributed by atoms with Crippen molar-refractivity contribution >= 4 is 22.5 Å². The molecule has 5 heteroatoms. The largest absolute Gasteiger partial charge is 0.208 e. The minimum atomic E-state index is -0.616. The van der Waals surface area contributed by atoms with Crippen molar-refractivity contribution in [2.75, 3.05) is 0 Å². The summed E-state index contributed by atoms with van der Waals surface area (Å²) in [5.74, 6) is 1.90. The van der Waals surface area contributed by atoms with Gasteiger partial charge in [0, 0.05) is 31.9 Å². The van der Waals surface area contributed by atoms with Gasteiger partial charge in [-0.2, -0.15) is 5.26 Å². The van der Waals surface area contributed by atoms with Crippen LogP contribution in [-0.4, -0.2) is 15.0 Å². The third-order valence-corrected chi connectivity index (χ3v) is 12.4. The van der Waals surface area contributed by atoms with Gasteiger partial charge in [-0.15, -0.1) is 0 Å². The molecule has 4 nitrogen and oxygen atoms in total. The SMILES string of the molecule is N#Cc1ccc(-c2ccc3c(c2)C2(c4cc(-c5nc(-c6ccccc6)nc(-c6ccccc6)n5)ccc4S3)c3ccccc3-c3ccccc32)c2ccccc12. The Morgan fingerprint density at radius 1 is 0.393 bits per heavy atom. The van der Waals surface area contributed by atoms with E-state index >= 15 is 0 Å². The van der Waals surface area contributed by atoms with E-state index < -0.39 is 5.41 Å². The third-order valence-electron chi connectivity index (χ3n) is 11.3. The van der Waals surface area contributed by atoms with Gasteiger partial charge in [-0.25, -0.2) is 15.0 Å². The maximum Gasteiger partial charge on any atom is 0.164 e. The van der Waals surface area contributed by atoms with Crippen LogP contribution in [0.4, 0.5) is 0 Å². The van der Waals surface area contributed by atoms with Gasteiger partial charge >= 0.3 is 0 Å². The van der Waals surface area contributed by atoms with Gasteiger partial charge in [0.2, 0.25) is 0 Å². The molecule has 2 aliphatic rings. The highest BCUT2D eigenvalue weighted by molar-refractivity contribution is 7.99. The smallest absolute Gasteiger partial charge is 0.164 e. The second kappa shape index (κ2) is 12.7. The van der Waals surface area contributed by atoms with Crippen LogP contribution in [0.5, 0.6) is 0 Å². The van der Waals surface area contributed by atoms with Crippen LogP contribution in [0, 0.1) is 11.3 Å². The van der Waals surface area contributed by atoms with E-state index in [1.54, 1.807) is 0 Å². The van der Waals surface area contributed by atoms with E-state index in [-0.39, 0.29) is 0 Å². The zero-order chi connectivity index (χ0) is 37.2. The maximum atomic E-state index is 9.96. The van der Waals surface area contributed by atoms with E-state index in [0.29, 0.717) is 23.0 Å². The summed E-state index contributed by atoms with van der Waals surface area (Å²) in [5, 5.41) is 12.0. The number of aromatic nitrogens is 3. The Hall–Kier alpha value is -7.13. The normalized spacial score (nSPS) is 13.1. The zero-order valence-corrected chi connectivity index (χ0v) is 30.8. The lowest BCUT2D eigenvalue weighted by Gasteiger charge is -2.40. The molecule has 1 aliphatic carbocycles. The molecular formula is C51H30N4S. The van der Waals surface area contributed by atoms with Gasteiger partial charge in [0.05, 0.1) is 17.0 Å². The van der Waals surface area contributed by atoms with E-state index in [1.165, 1.54) is 43.2 Å². The molecule has 8 aromatic carbocycles. The molecule has 0 unspecified atom stereocenters. The fraction of sp³-hybridized carbons (Fsp3) is 0.0196. The van der Waals surface area contributed by atoms with Crippen molar-refractivity contribution in [3.63, 3.8) is 0 Å². The summed E-state index contributed by atoms with van der Waals surface area (Å²) in [6.07, 6.45) is 0. The first-order valence-electron chi connectivity index (χ1n) is 18.7. The van der Waals surface area contributed by atoms with Crippen molar-refractivity contribution in [1.82, 2.24) is 15.0 Å².